The molecule has 0 amide bonds. The van der Waals surface area contributed by atoms with Gasteiger partial charge in [0.05, 0.1) is 23.3 Å². The van der Waals surface area contributed by atoms with Crippen LogP contribution in [0.4, 0.5) is 0 Å². The van der Waals surface area contributed by atoms with Crippen LogP contribution in [-0.2, 0) is 0 Å². The first-order chi connectivity index (χ1) is 28.2. The van der Waals surface area contributed by atoms with Gasteiger partial charge in [0.25, 0.3) is 0 Å². The van der Waals surface area contributed by atoms with Crippen LogP contribution in [0.3, 0.4) is 0 Å². The van der Waals surface area contributed by atoms with Crippen molar-refractivity contribution < 1.29 is 4.42 Å². The van der Waals surface area contributed by atoms with E-state index >= 15 is 0 Å². The Hall–Kier alpha value is -7.98. The summed E-state index contributed by atoms with van der Waals surface area (Å²) in [5, 5.41) is 31.3. The summed E-state index contributed by atoms with van der Waals surface area (Å²) in [6.45, 7) is 0. The van der Waals surface area contributed by atoms with Crippen LogP contribution in [0.2, 0.25) is 0 Å². The predicted octanol–water partition coefficient (Wildman–Crippen LogP) is 14.6. The van der Waals surface area contributed by atoms with E-state index in [1.165, 1.54) is 0 Å². The molecule has 262 valence electrons. The molecule has 0 aliphatic rings. The Kier molecular flexibility index (Phi) is 7.30. The van der Waals surface area contributed by atoms with Crippen molar-refractivity contribution in [3.63, 3.8) is 0 Å². The van der Waals surface area contributed by atoms with Crippen LogP contribution in [-0.4, -0.2) is 0 Å². The van der Waals surface area contributed by atoms with Crippen LogP contribution >= 0.6 is 0 Å². The molecule has 0 aliphatic heterocycles. The van der Waals surface area contributed by atoms with Gasteiger partial charge in [-0.15, -0.1) is 0 Å². The largest absolute Gasteiger partial charge is 0.456 e. The summed E-state index contributed by atoms with van der Waals surface area (Å²) in [5.74, 6) is 0. The first-order valence-electron chi connectivity index (χ1n) is 19.1. The normalized spacial score (nSPS) is 11.5. The van der Waals surface area contributed by atoms with Gasteiger partial charge in [0.2, 0.25) is 0 Å². The van der Waals surface area contributed by atoms with E-state index < -0.39 is 0 Å². The average Bonchev–Trinajstić information content (AvgIpc) is 3.66. The van der Waals surface area contributed by atoms with E-state index in [-0.39, 0.29) is 0 Å². The third-order valence-electron chi connectivity index (χ3n) is 11.5. The highest BCUT2D eigenvalue weighted by Gasteiger charge is 2.23. The van der Waals surface area contributed by atoms with E-state index in [0.29, 0.717) is 11.1 Å². The quantitative estimate of drug-likeness (QED) is 0.170. The number of fused-ring (bicyclic) bond motifs is 7. The van der Waals surface area contributed by atoms with Gasteiger partial charge in [-0.3, -0.25) is 0 Å². The summed E-state index contributed by atoms with van der Waals surface area (Å²) >= 11 is 0. The third kappa shape index (κ3) is 4.84. The zero-order valence-corrected chi connectivity index (χ0v) is 30.6. The lowest BCUT2D eigenvalue weighted by molar-refractivity contribution is 0.669. The zero-order valence-electron chi connectivity index (χ0n) is 30.6. The lowest BCUT2D eigenvalue weighted by Gasteiger charge is -2.19. The van der Waals surface area contributed by atoms with E-state index in [2.05, 4.69) is 158 Å². The molecule has 10 aromatic carbocycles. The van der Waals surface area contributed by atoms with E-state index in [0.717, 1.165) is 110 Å². The van der Waals surface area contributed by atoms with Crippen molar-refractivity contribution in [2.24, 2.45) is 0 Å². The molecule has 0 fully saturated rings. The van der Waals surface area contributed by atoms with Crippen molar-refractivity contribution in [1.29, 1.82) is 10.5 Å². The number of nitrogens with zero attached hydrogens (tertiary/aromatic N) is 2. The third-order valence-corrected chi connectivity index (χ3v) is 11.5. The van der Waals surface area contributed by atoms with Gasteiger partial charge in [-0.25, -0.2) is 0 Å². The Balaban J connectivity index is 1.22. The molecule has 3 heteroatoms. The van der Waals surface area contributed by atoms with Crippen molar-refractivity contribution in [2.75, 3.05) is 0 Å². The summed E-state index contributed by atoms with van der Waals surface area (Å²) in [7, 11) is 0. The van der Waals surface area contributed by atoms with Gasteiger partial charge in [-0.05, 0) is 107 Å². The Morgan fingerprint density at radius 2 is 0.702 bits per heavy atom. The van der Waals surface area contributed by atoms with Gasteiger partial charge >= 0.3 is 0 Å². The Morgan fingerprint density at radius 1 is 0.316 bits per heavy atom. The minimum atomic E-state index is 0.651. The maximum atomic E-state index is 10.2. The van der Waals surface area contributed by atoms with Gasteiger partial charge in [-0.1, -0.05) is 152 Å². The second-order valence-corrected chi connectivity index (χ2v) is 14.5. The molecule has 57 heavy (non-hydrogen) atoms. The summed E-state index contributed by atoms with van der Waals surface area (Å²) in [4.78, 5) is 0. The maximum absolute atomic E-state index is 10.2. The van der Waals surface area contributed by atoms with Gasteiger partial charge in [0.1, 0.15) is 11.2 Å². The Labute approximate surface area is 328 Å². The van der Waals surface area contributed by atoms with E-state index in [9.17, 15) is 10.5 Å². The summed E-state index contributed by atoms with van der Waals surface area (Å²) in [6, 6.07) is 67.8. The molecule has 0 unspecified atom stereocenters. The van der Waals surface area contributed by atoms with Crippen LogP contribution in [0.1, 0.15) is 11.1 Å². The molecule has 1 heterocycles. The molecule has 0 saturated carbocycles. The predicted molar refractivity (Wildman–Crippen MR) is 235 cm³/mol. The van der Waals surface area contributed by atoms with E-state index in [1.807, 2.05) is 36.4 Å². The highest BCUT2D eigenvalue weighted by atomic mass is 16.3. The highest BCUT2D eigenvalue weighted by Crippen LogP contribution is 2.49. The fourth-order valence-corrected chi connectivity index (χ4v) is 9.23. The smallest absolute Gasteiger partial charge is 0.136 e. The molecule has 0 aliphatic carbocycles. The number of rotatable bonds is 4. The molecule has 0 spiro atoms. The molecule has 0 saturated heterocycles. The van der Waals surface area contributed by atoms with Crippen molar-refractivity contribution >= 4 is 65.0 Å². The van der Waals surface area contributed by atoms with Crippen LogP contribution in [0.15, 0.2) is 186 Å². The molecule has 1 aromatic heterocycles. The van der Waals surface area contributed by atoms with E-state index in [1.54, 1.807) is 0 Å². The van der Waals surface area contributed by atoms with Crippen LogP contribution in [0.25, 0.3) is 110 Å². The summed E-state index contributed by atoms with van der Waals surface area (Å²) < 4.78 is 6.66. The highest BCUT2D eigenvalue weighted by molar-refractivity contribution is 6.27. The van der Waals surface area contributed by atoms with Crippen molar-refractivity contribution in [2.45, 2.75) is 0 Å². The number of benzene rings is 10. The second-order valence-electron chi connectivity index (χ2n) is 14.5. The van der Waals surface area contributed by atoms with Crippen molar-refractivity contribution in [3.05, 3.63) is 193 Å². The molecule has 0 atom stereocenters. The molecule has 11 aromatic rings. The number of hydrogen-bond donors (Lipinski definition) is 0. The van der Waals surface area contributed by atoms with Gasteiger partial charge < -0.3 is 4.42 Å². The monoisotopic (exact) mass is 722 g/mol. The first kappa shape index (κ1) is 32.5. The fraction of sp³-hybridized carbons (Fsp3) is 0. The lowest BCUT2D eigenvalue weighted by Crippen LogP contribution is -1.93. The summed E-state index contributed by atoms with van der Waals surface area (Å²) in [5.41, 5.74) is 11.4. The summed E-state index contributed by atoms with van der Waals surface area (Å²) in [6.07, 6.45) is 0. The van der Waals surface area contributed by atoms with Gasteiger partial charge in [0.15, 0.2) is 0 Å². The SMILES string of the molecule is N#Cc1ccccc1-c1c2ccccc2c(-c2ccc3oc4cccc(-c5c6ccccc6c(-c6ccccc6C#N)c6ccccc56)c4c3c2)c2ccccc12. The lowest BCUT2D eigenvalue weighted by atomic mass is 9.83. The second kappa shape index (κ2) is 12.8. The Morgan fingerprint density at radius 3 is 1.16 bits per heavy atom. The number of hydrogen-bond acceptors (Lipinski definition) is 3. The number of nitriles is 2. The standard InChI is InChI=1S/C54H30N2O/c55-31-34-14-1-3-16-36(34)51-40-20-7-5-18-38(40)50(39-19-6-8-21-41(39)51)33-28-29-48-47(30-33)54-46(26-13-27-49(54)57-48)53-44-24-11-9-22-42(44)52(43-23-10-12-25-45(43)53)37-17-4-2-15-35(37)32-56/h1-30H. The molecular weight excluding hydrogens is 693 g/mol. The topological polar surface area (TPSA) is 60.7 Å². The molecule has 3 nitrogen and oxygen atoms in total. The first-order valence-corrected chi connectivity index (χ1v) is 19.1. The molecule has 0 N–H and O–H groups in total. The molecule has 0 radical (unpaired) electrons. The maximum Gasteiger partial charge on any atom is 0.136 e. The van der Waals surface area contributed by atoms with Gasteiger partial charge in [0, 0.05) is 21.9 Å². The van der Waals surface area contributed by atoms with Crippen molar-refractivity contribution in [3.8, 4) is 56.6 Å². The van der Waals surface area contributed by atoms with Gasteiger partial charge in [-0.2, -0.15) is 10.5 Å². The zero-order chi connectivity index (χ0) is 38.0. The van der Waals surface area contributed by atoms with Crippen molar-refractivity contribution in [1.82, 2.24) is 0 Å². The van der Waals surface area contributed by atoms with Crippen LogP contribution in [0, 0.1) is 22.7 Å². The van der Waals surface area contributed by atoms with Crippen LogP contribution in [0.5, 0.6) is 0 Å². The molecule has 11 rings (SSSR count). The number of furan rings is 1. The Bertz CT molecular complexity index is 3440. The van der Waals surface area contributed by atoms with E-state index in [4.69, 9.17) is 4.42 Å². The average molecular weight is 723 g/mol. The minimum absolute atomic E-state index is 0.651. The molecule has 0 bridgehead atoms. The minimum Gasteiger partial charge on any atom is -0.456 e. The van der Waals surface area contributed by atoms with Crippen LogP contribution < -0.4 is 0 Å². The fourth-order valence-electron chi connectivity index (χ4n) is 9.23. The molecular formula is C54H30N2O.